The van der Waals surface area contributed by atoms with Crippen LogP contribution in [-0.2, 0) is 36.1 Å². The Morgan fingerprint density at radius 2 is 1.57 bits per heavy atom. The van der Waals surface area contributed by atoms with Gasteiger partial charge in [0.25, 0.3) is 0 Å². The molecule has 2 aromatic carbocycles. The minimum atomic E-state index is -5.82. The first kappa shape index (κ1) is 23.6. The molecule has 8 nitrogen and oxygen atoms in total. The fraction of sp³-hybridized carbons (Fsp3) is 0.235. The van der Waals surface area contributed by atoms with Gasteiger partial charge in [-0.25, -0.2) is 8.42 Å². The number of methoxy groups -OCH3 is 1. The summed E-state index contributed by atoms with van der Waals surface area (Å²) in [7, 11) is -8.83. The molecule has 1 N–H and O–H groups in total. The van der Waals surface area contributed by atoms with Gasteiger partial charge >= 0.3 is 21.6 Å². The Morgan fingerprint density at radius 1 is 1.00 bits per heavy atom. The van der Waals surface area contributed by atoms with Crippen LogP contribution in [0.25, 0.3) is 0 Å². The largest absolute Gasteiger partial charge is 0.534 e. The number of hydrogen-bond donors (Lipinski definition) is 1. The fourth-order valence-electron chi connectivity index (χ4n) is 2.26. The van der Waals surface area contributed by atoms with Crippen LogP contribution >= 0.6 is 0 Å². The van der Waals surface area contributed by atoms with Gasteiger partial charge in [0.15, 0.2) is 0 Å². The number of rotatable bonds is 8. The molecule has 0 aliphatic heterocycles. The summed E-state index contributed by atoms with van der Waals surface area (Å²) in [6.45, 7) is 0. The molecule has 1 unspecified atom stereocenters. The quantitative estimate of drug-likeness (QED) is 0.359. The van der Waals surface area contributed by atoms with E-state index in [-0.39, 0.29) is 11.3 Å². The van der Waals surface area contributed by atoms with Crippen LogP contribution in [0.3, 0.4) is 0 Å². The van der Waals surface area contributed by atoms with Crippen molar-refractivity contribution in [2.24, 2.45) is 0 Å². The van der Waals surface area contributed by atoms with Gasteiger partial charge in [0.05, 0.1) is 12.0 Å². The first-order valence-electron chi connectivity index (χ1n) is 8.10. The first-order chi connectivity index (χ1) is 13.9. The van der Waals surface area contributed by atoms with Crippen molar-refractivity contribution in [2.45, 2.75) is 22.9 Å². The topological polar surface area (TPSA) is 116 Å². The lowest BCUT2D eigenvalue weighted by Crippen LogP contribution is -2.42. The molecule has 0 saturated carbocycles. The van der Waals surface area contributed by atoms with Crippen molar-refractivity contribution in [3.8, 4) is 5.75 Å². The Kier molecular flexibility index (Phi) is 7.10. The van der Waals surface area contributed by atoms with E-state index < -0.39 is 43.4 Å². The maximum atomic E-state index is 12.4. The molecule has 0 aliphatic rings. The molecule has 2 aromatic rings. The standard InChI is InChI=1S/C17H16F3NO7S2/c1-27-16(22)15(21-29(23,24)14-5-3-2-4-6-14)11-12-7-9-13(10-8-12)28-30(25,26)17(18,19)20/h2-10,15,21H,11H2,1H3. The Hall–Kier alpha value is -2.64. The zero-order chi connectivity index (χ0) is 22.6. The van der Waals surface area contributed by atoms with Gasteiger partial charge in [0.1, 0.15) is 11.8 Å². The molecule has 1 atom stereocenters. The summed E-state index contributed by atoms with van der Waals surface area (Å²) in [5, 5.41) is 0. The molecular weight excluding hydrogens is 451 g/mol. The summed E-state index contributed by atoms with van der Waals surface area (Å²) in [5.74, 6) is -1.50. The zero-order valence-electron chi connectivity index (χ0n) is 15.3. The predicted octanol–water partition coefficient (Wildman–Crippen LogP) is 1.98. The maximum absolute atomic E-state index is 12.4. The molecule has 30 heavy (non-hydrogen) atoms. The van der Waals surface area contributed by atoms with Crippen LogP contribution in [-0.4, -0.2) is 41.5 Å². The molecule has 0 heterocycles. The Labute approximate surface area is 170 Å². The Balaban J connectivity index is 2.19. The monoisotopic (exact) mass is 467 g/mol. The van der Waals surface area contributed by atoms with E-state index in [1.807, 2.05) is 0 Å². The van der Waals surface area contributed by atoms with Crippen LogP contribution in [0.1, 0.15) is 5.56 Å². The zero-order valence-corrected chi connectivity index (χ0v) is 16.9. The Morgan fingerprint density at radius 3 is 2.07 bits per heavy atom. The second-order valence-corrected chi connectivity index (χ2v) is 9.09. The molecule has 0 saturated heterocycles. The molecule has 0 radical (unpaired) electrons. The minimum absolute atomic E-state index is 0.0833. The predicted molar refractivity (Wildman–Crippen MR) is 98.3 cm³/mol. The summed E-state index contributed by atoms with van der Waals surface area (Å²) in [6, 6.07) is 10.2. The smallest absolute Gasteiger partial charge is 0.468 e. The van der Waals surface area contributed by atoms with Crippen molar-refractivity contribution >= 4 is 26.1 Å². The number of esters is 1. The number of carbonyl (C=O) groups is 1. The summed E-state index contributed by atoms with van der Waals surface area (Å²) in [4.78, 5) is 11.9. The second kappa shape index (κ2) is 9.02. The van der Waals surface area contributed by atoms with Crippen LogP contribution in [0, 0.1) is 0 Å². The number of ether oxygens (including phenoxy) is 1. The normalized spacial score (nSPS) is 13.5. The molecular formula is C17H16F3NO7S2. The summed E-state index contributed by atoms with van der Waals surface area (Å²) in [5.41, 5.74) is -5.28. The van der Waals surface area contributed by atoms with E-state index in [4.69, 9.17) is 0 Å². The van der Waals surface area contributed by atoms with Crippen molar-refractivity contribution < 1.29 is 43.7 Å². The van der Waals surface area contributed by atoms with Gasteiger partial charge in [0.2, 0.25) is 10.0 Å². The lowest BCUT2D eigenvalue weighted by Gasteiger charge is -2.17. The highest BCUT2D eigenvalue weighted by Gasteiger charge is 2.48. The number of nitrogens with one attached hydrogen (secondary N) is 1. The average molecular weight is 467 g/mol. The second-order valence-electron chi connectivity index (χ2n) is 5.84. The molecule has 0 bridgehead atoms. The summed E-state index contributed by atoms with van der Waals surface area (Å²) >= 11 is 0. The highest BCUT2D eigenvalue weighted by Crippen LogP contribution is 2.27. The lowest BCUT2D eigenvalue weighted by atomic mass is 10.1. The summed E-state index contributed by atoms with van der Waals surface area (Å²) in [6.07, 6.45) is -0.217. The van der Waals surface area contributed by atoms with Crippen molar-refractivity contribution in [1.82, 2.24) is 4.72 Å². The molecule has 0 aliphatic carbocycles. The van der Waals surface area contributed by atoms with Crippen molar-refractivity contribution in [3.05, 3.63) is 60.2 Å². The van der Waals surface area contributed by atoms with Crippen LogP contribution in [0.2, 0.25) is 0 Å². The molecule has 2 rings (SSSR count). The maximum Gasteiger partial charge on any atom is 0.534 e. The number of carbonyl (C=O) groups excluding carboxylic acids is 1. The third-order valence-electron chi connectivity index (χ3n) is 3.69. The van der Waals surface area contributed by atoms with Gasteiger partial charge in [-0.2, -0.15) is 26.3 Å². The third-order valence-corrected chi connectivity index (χ3v) is 6.16. The van der Waals surface area contributed by atoms with Gasteiger partial charge in [0, 0.05) is 0 Å². The Bertz CT molecular complexity index is 1080. The van der Waals surface area contributed by atoms with Crippen LogP contribution in [0.15, 0.2) is 59.5 Å². The average Bonchev–Trinajstić information content (AvgIpc) is 2.67. The van der Waals surface area contributed by atoms with E-state index >= 15 is 0 Å². The minimum Gasteiger partial charge on any atom is -0.468 e. The number of hydrogen-bond acceptors (Lipinski definition) is 7. The van der Waals surface area contributed by atoms with Crippen LogP contribution < -0.4 is 8.91 Å². The SMILES string of the molecule is COC(=O)C(Cc1ccc(OS(=O)(=O)C(F)(F)F)cc1)NS(=O)(=O)c1ccccc1. The molecule has 0 amide bonds. The van der Waals surface area contributed by atoms with Crippen molar-refractivity contribution in [2.75, 3.05) is 7.11 Å². The van der Waals surface area contributed by atoms with E-state index in [2.05, 4.69) is 13.6 Å². The van der Waals surface area contributed by atoms with E-state index in [9.17, 15) is 34.8 Å². The van der Waals surface area contributed by atoms with Gasteiger partial charge in [-0.15, -0.1) is 0 Å². The molecule has 0 aromatic heterocycles. The lowest BCUT2D eigenvalue weighted by molar-refractivity contribution is -0.142. The third kappa shape index (κ3) is 5.93. The first-order valence-corrected chi connectivity index (χ1v) is 11.0. The number of sulfonamides is 1. The van der Waals surface area contributed by atoms with Crippen molar-refractivity contribution in [1.29, 1.82) is 0 Å². The number of benzene rings is 2. The molecule has 164 valence electrons. The van der Waals surface area contributed by atoms with E-state index in [1.54, 1.807) is 6.07 Å². The van der Waals surface area contributed by atoms with Crippen LogP contribution in [0.4, 0.5) is 13.2 Å². The highest BCUT2D eigenvalue weighted by molar-refractivity contribution is 7.89. The van der Waals surface area contributed by atoms with Crippen LogP contribution in [0.5, 0.6) is 5.75 Å². The highest BCUT2D eigenvalue weighted by atomic mass is 32.2. The molecule has 0 spiro atoms. The van der Waals surface area contributed by atoms with E-state index in [1.165, 1.54) is 36.4 Å². The number of alkyl halides is 3. The summed E-state index contributed by atoms with van der Waals surface area (Å²) < 4.78 is 94.8. The number of halogens is 3. The van der Waals surface area contributed by atoms with E-state index in [0.717, 1.165) is 19.2 Å². The van der Waals surface area contributed by atoms with Gasteiger partial charge in [-0.3, -0.25) is 4.79 Å². The van der Waals surface area contributed by atoms with Crippen molar-refractivity contribution in [3.63, 3.8) is 0 Å². The van der Waals surface area contributed by atoms with Gasteiger partial charge in [-0.05, 0) is 36.2 Å². The molecule has 0 fully saturated rings. The van der Waals surface area contributed by atoms with Gasteiger partial charge in [-0.1, -0.05) is 30.3 Å². The molecule has 13 heteroatoms. The van der Waals surface area contributed by atoms with E-state index in [0.29, 0.717) is 5.56 Å². The fourth-order valence-corrected chi connectivity index (χ4v) is 3.93. The van der Waals surface area contributed by atoms with Gasteiger partial charge < -0.3 is 8.92 Å².